The first-order valence-electron chi connectivity index (χ1n) is 10.1. The number of nitrogens with one attached hydrogen (secondary N) is 1. The molecule has 0 fully saturated rings. The minimum Gasteiger partial charge on any atom is -0.483 e. The Kier molecular flexibility index (Phi) is 8.25. The van der Waals surface area contributed by atoms with E-state index in [1.165, 1.54) is 0 Å². The van der Waals surface area contributed by atoms with Gasteiger partial charge in [-0.3, -0.25) is 9.59 Å². The molecule has 0 aliphatic rings. The van der Waals surface area contributed by atoms with Gasteiger partial charge in [-0.15, -0.1) is 0 Å². The van der Waals surface area contributed by atoms with E-state index < -0.39 is 6.04 Å². The molecule has 0 saturated heterocycles. The lowest BCUT2D eigenvalue weighted by molar-refractivity contribution is -0.142. The number of carbonyl (C=O) groups excluding carboxylic acids is 2. The summed E-state index contributed by atoms with van der Waals surface area (Å²) in [5.74, 6) is 0.325. The Morgan fingerprint density at radius 1 is 1.07 bits per heavy atom. The second kappa shape index (κ2) is 10.6. The van der Waals surface area contributed by atoms with Crippen molar-refractivity contribution in [1.29, 1.82) is 0 Å². The van der Waals surface area contributed by atoms with Crippen LogP contribution in [0.25, 0.3) is 0 Å². The fraction of sp³-hybridized carbons (Fsp3) is 0.417. The smallest absolute Gasteiger partial charge is 0.261 e. The first kappa shape index (κ1) is 22.5. The number of rotatable bonds is 9. The Bertz CT molecular complexity index is 848. The van der Waals surface area contributed by atoms with Gasteiger partial charge >= 0.3 is 0 Å². The molecule has 5 nitrogen and oxygen atoms in total. The summed E-state index contributed by atoms with van der Waals surface area (Å²) in [6.45, 7) is 10.5. The van der Waals surface area contributed by atoms with Crippen molar-refractivity contribution in [3.63, 3.8) is 0 Å². The monoisotopic (exact) mass is 396 g/mol. The second-order valence-electron chi connectivity index (χ2n) is 7.47. The summed E-state index contributed by atoms with van der Waals surface area (Å²) < 4.78 is 5.82. The van der Waals surface area contributed by atoms with Crippen molar-refractivity contribution in [2.24, 2.45) is 0 Å². The largest absolute Gasteiger partial charge is 0.483 e. The van der Waals surface area contributed by atoms with Gasteiger partial charge in [0.2, 0.25) is 5.91 Å². The minimum atomic E-state index is -0.587. The van der Waals surface area contributed by atoms with Crippen molar-refractivity contribution in [1.82, 2.24) is 10.2 Å². The molecular weight excluding hydrogens is 364 g/mol. The van der Waals surface area contributed by atoms with Gasteiger partial charge in [0.05, 0.1) is 0 Å². The average Bonchev–Trinajstić information content (AvgIpc) is 2.71. The summed E-state index contributed by atoms with van der Waals surface area (Å²) in [6.07, 6.45) is 0.847. The van der Waals surface area contributed by atoms with Crippen LogP contribution in [0.2, 0.25) is 0 Å². The molecule has 5 heteroatoms. The van der Waals surface area contributed by atoms with Crippen LogP contribution < -0.4 is 10.1 Å². The zero-order valence-corrected chi connectivity index (χ0v) is 18.1. The molecule has 2 amide bonds. The maximum Gasteiger partial charge on any atom is 0.261 e. The molecule has 0 saturated carbocycles. The van der Waals surface area contributed by atoms with Crippen molar-refractivity contribution >= 4 is 11.8 Å². The normalized spacial score (nSPS) is 11.6. The predicted octanol–water partition coefficient (Wildman–Crippen LogP) is 3.93. The number of ether oxygens (including phenoxy) is 1. The Morgan fingerprint density at radius 3 is 2.48 bits per heavy atom. The van der Waals surface area contributed by atoms with Gasteiger partial charge < -0.3 is 15.0 Å². The molecule has 29 heavy (non-hydrogen) atoms. The first-order chi connectivity index (χ1) is 13.8. The van der Waals surface area contributed by atoms with E-state index in [-0.39, 0.29) is 18.4 Å². The van der Waals surface area contributed by atoms with Crippen LogP contribution in [0.4, 0.5) is 0 Å². The van der Waals surface area contributed by atoms with Crippen LogP contribution in [-0.4, -0.2) is 35.9 Å². The van der Waals surface area contributed by atoms with Gasteiger partial charge in [0, 0.05) is 13.1 Å². The summed E-state index contributed by atoms with van der Waals surface area (Å²) in [5, 5.41) is 2.88. The van der Waals surface area contributed by atoms with Crippen LogP contribution in [0.3, 0.4) is 0 Å². The van der Waals surface area contributed by atoms with Crippen LogP contribution in [-0.2, 0) is 16.1 Å². The highest BCUT2D eigenvalue weighted by atomic mass is 16.5. The van der Waals surface area contributed by atoms with Gasteiger partial charge in [-0.1, -0.05) is 43.3 Å². The molecule has 0 aliphatic heterocycles. The molecule has 1 N–H and O–H groups in total. The molecule has 156 valence electrons. The van der Waals surface area contributed by atoms with Crippen molar-refractivity contribution in [2.45, 2.75) is 53.6 Å². The third kappa shape index (κ3) is 6.34. The lowest BCUT2D eigenvalue weighted by atomic mass is 10.1. The highest BCUT2D eigenvalue weighted by molar-refractivity contribution is 5.88. The van der Waals surface area contributed by atoms with Crippen LogP contribution in [0.5, 0.6) is 5.75 Å². The van der Waals surface area contributed by atoms with Crippen molar-refractivity contribution in [2.75, 3.05) is 13.2 Å². The van der Waals surface area contributed by atoms with E-state index in [2.05, 4.69) is 5.32 Å². The van der Waals surface area contributed by atoms with E-state index in [0.717, 1.165) is 28.7 Å². The van der Waals surface area contributed by atoms with Gasteiger partial charge in [-0.05, 0) is 62.4 Å². The number of amides is 2. The highest BCUT2D eigenvalue weighted by Crippen LogP contribution is 2.20. The van der Waals surface area contributed by atoms with Crippen molar-refractivity contribution < 1.29 is 14.3 Å². The lowest BCUT2D eigenvalue weighted by Crippen LogP contribution is -2.49. The van der Waals surface area contributed by atoms with Crippen molar-refractivity contribution in [3.8, 4) is 5.75 Å². The van der Waals surface area contributed by atoms with Gasteiger partial charge in [0.1, 0.15) is 11.8 Å². The zero-order valence-electron chi connectivity index (χ0n) is 18.1. The second-order valence-corrected chi connectivity index (χ2v) is 7.47. The molecule has 2 aromatic rings. The fourth-order valence-corrected chi connectivity index (χ4v) is 3.03. The maximum absolute atomic E-state index is 13.1. The van der Waals surface area contributed by atoms with Gasteiger partial charge in [-0.2, -0.15) is 0 Å². The van der Waals surface area contributed by atoms with E-state index in [4.69, 9.17) is 4.74 Å². The Hall–Kier alpha value is -2.82. The first-order valence-corrected chi connectivity index (χ1v) is 10.1. The molecule has 1 atom stereocenters. The van der Waals surface area contributed by atoms with Crippen molar-refractivity contribution in [3.05, 3.63) is 64.7 Å². The maximum atomic E-state index is 13.1. The Morgan fingerprint density at radius 2 is 1.79 bits per heavy atom. The summed E-state index contributed by atoms with van der Waals surface area (Å²) >= 11 is 0. The van der Waals surface area contributed by atoms with Gasteiger partial charge in [0.15, 0.2) is 6.61 Å². The summed E-state index contributed by atoms with van der Waals surface area (Å²) in [5.41, 5.74) is 4.15. The van der Waals surface area contributed by atoms with E-state index in [1.54, 1.807) is 11.8 Å². The Labute approximate surface area is 174 Å². The van der Waals surface area contributed by atoms with Crippen LogP contribution in [0.15, 0.2) is 42.5 Å². The zero-order chi connectivity index (χ0) is 21.4. The van der Waals surface area contributed by atoms with E-state index in [1.807, 2.05) is 70.2 Å². The quantitative estimate of drug-likeness (QED) is 0.699. The number of carbonyl (C=O) groups is 2. The summed E-state index contributed by atoms with van der Waals surface area (Å²) in [4.78, 5) is 27.2. The number of hydrogen-bond donors (Lipinski definition) is 1. The molecule has 0 unspecified atom stereocenters. The predicted molar refractivity (Wildman–Crippen MR) is 116 cm³/mol. The Balaban J connectivity index is 2.18. The molecule has 0 radical (unpaired) electrons. The van der Waals surface area contributed by atoms with Crippen LogP contribution >= 0.6 is 0 Å². The van der Waals surface area contributed by atoms with E-state index in [0.29, 0.717) is 18.8 Å². The number of aryl methyl sites for hydroxylation is 3. The van der Waals surface area contributed by atoms with E-state index in [9.17, 15) is 9.59 Å². The highest BCUT2D eigenvalue weighted by Gasteiger charge is 2.26. The van der Waals surface area contributed by atoms with Crippen LogP contribution in [0.1, 0.15) is 42.5 Å². The number of nitrogens with zero attached hydrogens (tertiary/aromatic N) is 1. The van der Waals surface area contributed by atoms with Gasteiger partial charge in [0.25, 0.3) is 5.91 Å². The molecular formula is C24H32N2O3. The minimum absolute atomic E-state index is 0.110. The summed E-state index contributed by atoms with van der Waals surface area (Å²) in [6, 6.07) is 13.2. The molecule has 2 aromatic carbocycles. The molecule has 0 aliphatic carbocycles. The third-order valence-electron chi connectivity index (χ3n) is 5.01. The molecule has 0 aromatic heterocycles. The van der Waals surface area contributed by atoms with E-state index >= 15 is 0 Å². The fourth-order valence-electron chi connectivity index (χ4n) is 3.03. The van der Waals surface area contributed by atoms with Crippen LogP contribution in [0, 0.1) is 20.8 Å². The number of hydrogen-bond acceptors (Lipinski definition) is 3. The molecule has 2 rings (SSSR count). The third-order valence-corrected chi connectivity index (χ3v) is 5.01. The topological polar surface area (TPSA) is 58.6 Å². The SMILES string of the molecule is CCCNC(=O)[C@H](C)N(Cc1ccccc1C)C(=O)COc1cc(C)ccc1C. The standard InChI is InChI=1S/C24H32N2O3/c1-6-13-25-24(28)20(5)26(15-21-10-8-7-9-18(21)3)23(27)16-29-22-14-17(2)11-12-19(22)4/h7-12,14,20H,6,13,15-16H2,1-5H3,(H,25,28)/t20-/m0/s1. The summed E-state index contributed by atoms with van der Waals surface area (Å²) in [7, 11) is 0. The number of benzene rings is 2. The molecule has 0 spiro atoms. The average molecular weight is 397 g/mol. The molecule has 0 bridgehead atoms. The lowest BCUT2D eigenvalue weighted by Gasteiger charge is -2.29. The van der Waals surface area contributed by atoms with Gasteiger partial charge in [-0.25, -0.2) is 0 Å². The molecule has 0 heterocycles.